The van der Waals surface area contributed by atoms with E-state index in [4.69, 9.17) is 9.63 Å². The van der Waals surface area contributed by atoms with Gasteiger partial charge in [0.2, 0.25) is 5.76 Å². The second-order valence-electron chi connectivity index (χ2n) is 4.30. The Kier molecular flexibility index (Phi) is 3.84. The number of hydrogen-bond donors (Lipinski definition) is 2. The van der Waals surface area contributed by atoms with E-state index >= 15 is 0 Å². The van der Waals surface area contributed by atoms with Crippen molar-refractivity contribution in [1.82, 2.24) is 15.5 Å². The van der Waals surface area contributed by atoms with Gasteiger partial charge in [0.1, 0.15) is 9.88 Å². The van der Waals surface area contributed by atoms with Crippen LogP contribution >= 0.6 is 11.3 Å². The van der Waals surface area contributed by atoms with Crippen LogP contribution in [-0.2, 0) is 0 Å². The van der Waals surface area contributed by atoms with Gasteiger partial charge in [0, 0.05) is 6.07 Å². The van der Waals surface area contributed by atoms with Crippen LogP contribution in [0.3, 0.4) is 0 Å². The van der Waals surface area contributed by atoms with Gasteiger partial charge < -0.3 is 14.9 Å². The molecule has 0 aliphatic rings. The van der Waals surface area contributed by atoms with E-state index in [-0.39, 0.29) is 10.6 Å². The summed E-state index contributed by atoms with van der Waals surface area (Å²) in [4.78, 5) is 27.2. The number of aromatic carboxylic acids is 1. The van der Waals surface area contributed by atoms with Crippen molar-refractivity contribution in [3.8, 4) is 0 Å². The largest absolute Gasteiger partial charge is 0.477 e. The summed E-state index contributed by atoms with van der Waals surface area (Å²) in [5.41, 5.74) is 1.05. The van der Waals surface area contributed by atoms with Gasteiger partial charge in [0.25, 0.3) is 5.91 Å². The molecule has 0 saturated heterocycles. The molecule has 0 saturated carbocycles. The highest BCUT2D eigenvalue weighted by atomic mass is 32.1. The number of carbonyl (C=O) groups excluding carboxylic acids is 1. The Bertz CT molecular complexity index is 661. The molecular weight excluding hydrogens is 282 g/mol. The van der Waals surface area contributed by atoms with Gasteiger partial charge in [-0.2, -0.15) is 0 Å². The second kappa shape index (κ2) is 5.41. The summed E-state index contributed by atoms with van der Waals surface area (Å²) >= 11 is 1.05. The average Bonchev–Trinajstić information content (AvgIpc) is 2.95. The summed E-state index contributed by atoms with van der Waals surface area (Å²) < 4.78 is 4.86. The monoisotopic (exact) mass is 295 g/mol. The van der Waals surface area contributed by atoms with Crippen LogP contribution in [0.1, 0.15) is 49.6 Å². The van der Waals surface area contributed by atoms with Crippen molar-refractivity contribution in [2.24, 2.45) is 0 Å². The van der Waals surface area contributed by atoms with Crippen molar-refractivity contribution in [1.29, 1.82) is 0 Å². The Balaban J connectivity index is 2.12. The van der Waals surface area contributed by atoms with Crippen LogP contribution in [0.2, 0.25) is 0 Å². The molecule has 0 fully saturated rings. The average molecular weight is 295 g/mol. The molecule has 0 spiro atoms. The first-order valence-corrected chi connectivity index (χ1v) is 6.65. The fourth-order valence-corrected chi connectivity index (χ4v) is 2.51. The van der Waals surface area contributed by atoms with Gasteiger partial charge in [0.05, 0.1) is 17.4 Å². The van der Waals surface area contributed by atoms with E-state index in [1.165, 1.54) is 6.07 Å². The zero-order valence-corrected chi connectivity index (χ0v) is 11.9. The lowest BCUT2D eigenvalue weighted by Crippen LogP contribution is -2.26. The molecule has 0 aromatic carbocycles. The van der Waals surface area contributed by atoms with Gasteiger partial charge in [-0.15, -0.1) is 11.3 Å². The lowest BCUT2D eigenvalue weighted by atomic mass is 10.3. The molecule has 20 heavy (non-hydrogen) atoms. The fourth-order valence-electron chi connectivity index (χ4n) is 1.60. The first kappa shape index (κ1) is 14.2. The third kappa shape index (κ3) is 2.85. The topological polar surface area (TPSA) is 105 Å². The van der Waals surface area contributed by atoms with Crippen LogP contribution in [-0.4, -0.2) is 27.1 Å². The minimum atomic E-state index is -1.02. The number of amides is 1. The maximum atomic E-state index is 11.9. The standard InChI is InChI=1S/C12H13N3O4S/c1-5-4-8(19-15-5)10(16)13-7(3)11-14-6(2)9(20-11)12(17)18/h4,7H,1-3H3,(H,13,16)(H,17,18). The highest BCUT2D eigenvalue weighted by Crippen LogP contribution is 2.23. The lowest BCUT2D eigenvalue weighted by molar-refractivity contribution is 0.0700. The van der Waals surface area contributed by atoms with E-state index in [1.54, 1.807) is 20.8 Å². The van der Waals surface area contributed by atoms with Gasteiger partial charge in [-0.05, 0) is 20.8 Å². The molecule has 0 aliphatic carbocycles. The van der Waals surface area contributed by atoms with E-state index in [2.05, 4.69) is 15.5 Å². The van der Waals surface area contributed by atoms with E-state index in [1.807, 2.05) is 0 Å². The first-order chi connectivity index (χ1) is 9.38. The molecule has 2 aromatic heterocycles. The Morgan fingerprint density at radius 1 is 1.45 bits per heavy atom. The minimum Gasteiger partial charge on any atom is -0.477 e. The molecule has 2 rings (SSSR count). The molecule has 0 aliphatic heterocycles. The summed E-state index contributed by atoms with van der Waals surface area (Å²) in [6.07, 6.45) is 0. The molecular formula is C12H13N3O4S. The number of carboxylic acid groups (broad SMARTS) is 1. The normalized spacial score (nSPS) is 12.2. The second-order valence-corrected chi connectivity index (χ2v) is 5.33. The number of hydrogen-bond acceptors (Lipinski definition) is 6. The molecule has 1 amide bonds. The molecule has 7 nitrogen and oxygen atoms in total. The lowest BCUT2D eigenvalue weighted by Gasteiger charge is -2.08. The smallest absolute Gasteiger partial charge is 0.347 e. The molecule has 8 heteroatoms. The number of nitrogens with zero attached hydrogens (tertiary/aromatic N) is 2. The maximum Gasteiger partial charge on any atom is 0.347 e. The highest BCUT2D eigenvalue weighted by molar-refractivity contribution is 7.13. The third-order valence-corrected chi connectivity index (χ3v) is 3.91. The van der Waals surface area contributed by atoms with E-state index in [0.29, 0.717) is 16.4 Å². The Labute approximate surface area is 118 Å². The van der Waals surface area contributed by atoms with Gasteiger partial charge in [-0.1, -0.05) is 5.16 Å². The Hall–Kier alpha value is -2.22. The van der Waals surface area contributed by atoms with E-state index < -0.39 is 17.9 Å². The fraction of sp³-hybridized carbons (Fsp3) is 0.333. The van der Waals surface area contributed by atoms with Crippen molar-refractivity contribution >= 4 is 23.2 Å². The number of carbonyl (C=O) groups is 2. The van der Waals surface area contributed by atoms with Crippen LogP contribution in [0.15, 0.2) is 10.6 Å². The number of rotatable bonds is 4. The van der Waals surface area contributed by atoms with Crippen molar-refractivity contribution in [2.45, 2.75) is 26.8 Å². The maximum absolute atomic E-state index is 11.9. The summed E-state index contributed by atoms with van der Waals surface area (Å²) in [5, 5.41) is 15.8. The number of aryl methyl sites for hydroxylation is 2. The third-order valence-electron chi connectivity index (χ3n) is 2.58. The Morgan fingerprint density at radius 3 is 2.65 bits per heavy atom. The number of carboxylic acids is 1. The summed E-state index contributed by atoms with van der Waals surface area (Å²) in [7, 11) is 0. The van der Waals surface area contributed by atoms with Crippen molar-refractivity contribution in [3.63, 3.8) is 0 Å². The molecule has 2 heterocycles. The van der Waals surface area contributed by atoms with E-state index in [0.717, 1.165) is 11.3 Å². The van der Waals surface area contributed by atoms with Gasteiger partial charge >= 0.3 is 5.97 Å². The van der Waals surface area contributed by atoms with Crippen LogP contribution in [0.5, 0.6) is 0 Å². The molecule has 1 atom stereocenters. The number of thiazole rings is 1. The summed E-state index contributed by atoms with van der Waals surface area (Å²) in [5.74, 6) is -1.32. The Morgan fingerprint density at radius 2 is 2.15 bits per heavy atom. The highest BCUT2D eigenvalue weighted by Gasteiger charge is 2.21. The first-order valence-electron chi connectivity index (χ1n) is 5.83. The number of nitrogens with one attached hydrogen (secondary N) is 1. The van der Waals surface area contributed by atoms with Gasteiger partial charge in [-0.25, -0.2) is 9.78 Å². The summed E-state index contributed by atoms with van der Waals surface area (Å²) in [6.45, 7) is 5.07. The molecule has 1 unspecified atom stereocenters. The molecule has 106 valence electrons. The minimum absolute atomic E-state index is 0.112. The zero-order valence-electron chi connectivity index (χ0n) is 11.1. The number of aromatic nitrogens is 2. The van der Waals surface area contributed by atoms with Crippen molar-refractivity contribution in [3.05, 3.63) is 33.1 Å². The molecule has 2 N–H and O–H groups in total. The van der Waals surface area contributed by atoms with Crippen molar-refractivity contribution in [2.75, 3.05) is 0 Å². The van der Waals surface area contributed by atoms with Gasteiger partial charge in [0.15, 0.2) is 0 Å². The molecule has 2 aromatic rings. The van der Waals surface area contributed by atoms with Crippen LogP contribution < -0.4 is 5.32 Å². The predicted octanol–water partition coefficient (Wildman–Crippen LogP) is 1.94. The predicted molar refractivity (Wildman–Crippen MR) is 70.9 cm³/mol. The molecule has 0 bridgehead atoms. The summed E-state index contributed by atoms with van der Waals surface area (Å²) in [6, 6.07) is 1.11. The van der Waals surface area contributed by atoms with Crippen molar-refractivity contribution < 1.29 is 19.2 Å². The molecule has 0 radical (unpaired) electrons. The van der Waals surface area contributed by atoms with Gasteiger partial charge in [-0.3, -0.25) is 4.79 Å². The van der Waals surface area contributed by atoms with Crippen LogP contribution in [0, 0.1) is 13.8 Å². The SMILES string of the molecule is Cc1cc(C(=O)NC(C)c2nc(C)c(C(=O)O)s2)on1. The van der Waals surface area contributed by atoms with E-state index in [9.17, 15) is 9.59 Å². The zero-order chi connectivity index (χ0) is 14.9. The van der Waals surface area contributed by atoms with Crippen LogP contribution in [0.4, 0.5) is 0 Å². The van der Waals surface area contributed by atoms with Crippen LogP contribution in [0.25, 0.3) is 0 Å². The quantitative estimate of drug-likeness (QED) is 0.893.